The zero-order valence-electron chi connectivity index (χ0n) is 9.82. The van der Waals surface area contributed by atoms with Crippen LogP contribution in [-0.4, -0.2) is 69.3 Å². The van der Waals surface area contributed by atoms with Crippen LogP contribution in [0.5, 0.6) is 0 Å². The molecule has 1 aliphatic rings. The Morgan fingerprint density at radius 2 is 2.33 bits per heavy atom. The highest BCUT2D eigenvalue weighted by Gasteiger charge is 2.21. The number of carbonyl (C=O) groups is 1. The molecular weight excluding hydrogens is 194 g/mol. The lowest BCUT2D eigenvalue weighted by molar-refractivity contribution is 0.133. The van der Waals surface area contributed by atoms with Crippen LogP contribution >= 0.6 is 0 Å². The van der Waals surface area contributed by atoms with Crippen molar-refractivity contribution in [3.05, 3.63) is 0 Å². The highest BCUT2D eigenvalue weighted by molar-refractivity contribution is 5.67. The maximum Gasteiger partial charge on any atom is 0.407 e. The summed E-state index contributed by atoms with van der Waals surface area (Å²) in [6, 6.07) is 0.252. The van der Waals surface area contributed by atoms with Crippen molar-refractivity contribution in [1.29, 1.82) is 0 Å². The van der Waals surface area contributed by atoms with Crippen molar-refractivity contribution in [3.8, 4) is 0 Å². The third kappa shape index (κ3) is 4.99. The molecule has 1 aliphatic heterocycles. The molecule has 5 nitrogen and oxygen atoms in total. The van der Waals surface area contributed by atoms with E-state index in [1.807, 2.05) is 19.0 Å². The van der Waals surface area contributed by atoms with E-state index in [-0.39, 0.29) is 12.1 Å². The quantitative estimate of drug-likeness (QED) is 0.716. The maximum absolute atomic E-state index is 11.3. The standard InChI is InChI=1S/C10H21N3O2/c1-12(2)6-7-15-10(14)11-9-4-5-13(3)8-9/h9H,4-8H2,1-3H3,(H,11,14). The molecule has 1 rings (SSSR count). The van der Waals surface area contributed by atoms with Crippen LogP contribution in [0, 0.1) is 0 Å². The molecular formula is C10H21N3O2. The van der Waals surface area contributed by atoms with Gasteiger partial charge in [0, 0.05) is 19.1 Å². The van der Waals surface area contributed by atoms with Gasteiger partial charge in [0.1, 0.15) is 6.61 Å². The monoisotopic (exact) mass is 215 g/mol. The summed E-state index contributed by atoms with van der Waals surface area (Å²) < 4.78 is 5.04. The van der Waals surface area contributed by atoms with Gasteiger partial charge < -0.3 is 19.9 Å². The Morgan fingerprint density at radius 1 is 1.60 bits per heavy atom. The van der Waals surface area contributed by atoms with Crippen LogP contribution in [0.3, 0.4) is 0 Å². The molecule has 0 aromatic carbocycles. The minimum absolute atomic E-state index is 0.252. The second-order valence-electron chi connectivity index (χ2n) is 4.33. The summed E-state index contributed by atoms with van der Waals surface area (Å²) in [7, 11) is 5.96. The van der Waals surface area contributed by atoms with Gasteiger partial charge in [-0.25, -0.2) is 4.79 Å². The van der Waals surface area contributed by atoms with Gasteiger partial charge in [-0.1, -0.05) is 0 Å². The molecule has 0 aromatic rings. The Hall–Kier alpha value is -0.810. The summed E-state index contributed by atoms with van der Waals surface area (Å²) in [5.41, 5.74) is 0. The Balaban J connectivity index is 2.08. The lowest BCUT2D eigenvalue weighted by Gasteiger charge is -2.14. The van der Waals surface area contributed by atoms with Gasteiger partial charge in [0.2, 0.25) is 0 Å². The van der Waals surface area contributed by atoms with Crippen LogP contribution in [0.2, 0.25) is 0 Å². The van der Waals surface area contributed by atoms with Crippen molar-refractivity contribution in [2.24, 2.45) is 0 Å². The highest BCUT2D eigenvalue weighted by Crippen LogP contribution is 2.05. The molecule has 1 amide bonds. The SMILES string of the molecule is CN(C)CCOC(=O)NC1CCN(C)C1. The van der Waals surface area contributed by atoms with E-state index in [0.717, 1.165) is 26.1 Å². The molecule has 1 atom stereocenters. The first-order chi connectivity index (χ1) is 7.08. The average Bonchev–Trinajstić information content (AvgIpc) is 2.50. The van der Waals surface area contributed by atoms with E-state index in [1.54, 1.807) is 0 Å². The van der Waals surface area contributed by atoms with Crippen LogP contribution in [0.4, 0.5) is 4.79 Å². The predicted molar refractivity (Wildman–Crippen MR) is 58.9 cm³/mol. The van der Waals surface area contributed by atoms with Gasteiger partial charge in [-0.3, -0.25) is 0 Å². The molecule has 0 spiro atoms. The topological polar surface area (TPSA) is 44.8 Å². The summed E-state index contributed by atoms with van der Waals surface area (Å²) in [6.45, 7) is 3.17. The largest absolute Gasteiger partial charge is 0.448 e. The van der Waals surface area contributed by atoms with Crippen molar-refractivity contribution >= 4 is 6.09 Å². The molecule has 0 radical (unpaired) electrons. The Morgan fingerprint density at radius 3 is 2.87 bits per heavy atom. The smallest absolute Gasteiger partial charge is 0.407 e. The number of carbonyl (C=O) groups excluding carboxylic acids is 1. The number of alkyl carbamates (subject to hydrolysis) is 1. The fourth-order valence-corrected chi connectivity index (χ4v) is 1.58. The lowest BCUT2D eigenvalue weighted by Crippen LogP contribution is -2.37. The molecule has 88 valence electrons. The number of hydrogen-bond donors (Lipinski definition) is 1. The van der Waals surface area contributed by atoms with Gasteiger partial charge in [0.05, 0.1) is 0 Å². The molecule has 1 heterocycles. The number of likely N-dealkylation sites (N-methyl/N-ethyl adjacent to an activating group) is 2. The van der Waals surface area contributed by atoms with Gasteiger partial charge in [-0.15, -0.1) is 0 Å². The molecule has 0 aromatic heterocycles. The van der Waals surface area contributed by atoms with E-state index in [2.05, 4.69) is 17.3 Å². The summed E-state index contributed by atoms with van der Waals surface area (Å²) >= 11 is 0. The van der Waals surface area contributed by atoms with E-state index in [4.69, 9.17) is 4.74 Å². The number of amides is 1. The van der Waals surface area contributed by atoms with Crippen LogP contribution in [-0.2, 0) is 4.74 Å². The van der Waals surface area contributed by atoms with E-state index in [9.17, 15) is 4.79 Å². The van der Waals surface area contributed by atoms with Crippen LogP contribution < -0.4 is 5.32 Å². The first-order valence-corrected chi connectivity index (χ1v) is 5.34. The second kappa shape index (κ2) is 5.92. The Bertz CT molecular complexity index is 209. The van der Waals surface area contributed by atoms with Gasteiger partial charge in [-0.05, 0) is 34.1 Å². The van der Waals surface area contributed by atoms with E-state index in [1.165, 1.54) is 0 Å². The van der Waals surface area contributed by atoms with Crippen molar-refractivity contribution in [1.82, 2.24) is 15.1 Å². The van der Waals surface area contributed by atoms with Crippen LogP contribution in [0.1, 0.15) is 6.42 Å². The van der Waals surface area contributed by atoms with Crippen molar-refractivity contribution < 1.29 is 9.53 Å². The minimum atomic E-state index is -0.294. The molecule has 0 aliphatic carbocycles. The third-order valence-corrected chi connectivity index (χ3v) is 2.48. The predicted octanol–water partition coefficient (Wildman–Crippen LogP) is -0.0217. The number of ether oxygens (including phenoxy) is 1. The minimum Gasteiger partial charge on any atom is -0.448 e. The molecule has 0 saturated carbocycles. The maximum atomic E-state index is 11.3. The lowest BCUT2D eigenvalue weighted by atomic mass is 10.3. The molecule has 5 heteroatoms. The number of rotatable bonds is 4. The summed E-state index contributed by atoms with van der Waals surface area (Å²) in [5.74, 6) is 0. The molecule has 1 N–H and O–H groups in total. The van der Waals surface area contributed by atoms with Gasteiger partial charge in [-0.2, -0.15) is 0 Å². The number of nitrogens with one attached hydrogen (secondary N) is 1. The van der Waals surface area contributed by atoms with Crippen molar-refractivity contribution in [3.63, 3.8) is 0 Å². The zero-order valence-corrected chi connectivity index (χ0v) is 9.82. The number of hydrogen-bond acceptors (Lipinski definition) is 4. The zero-order chi connectivity index (χ0) is 11.3. The Kier molecular flexibility index (Phi) is 4.84. The molecule has 1 unspecified atom stereocenters. The van der Waals surface area contributed by atoms with Gasteiger partial charge in [0.15, 0.2) is 0 Å². The van der Waals surface area contributed by atoms with Crippen molar-refractivity contribution in [2.75, 3.05) is 47.4 Å². The molecule has 15 heavy (non-hydrogen) atoms. The first kappa shape index (κ1) is 12.3. The highest BCUT2D eigenvalue weighted by atomic mass is 16.5. The van der Waals surface area contributed by atoms with Crippen LogP contribution in [0.15, 0.2) is 0 Å². The molecule has 1 saturated heterocycles. The van der Waals surface area contributed by atoms with Gasteiger partial charge >= 0.3 is 6.09 Å². The summed E-state index contributed by atoms with van der Waals surface area (Å²) in [5, 5.41) is 2.86. The number of nitrogens with zero attached hydrogens (tertiary/aromatic N) is 2. The van der Waals surface area contributed by atoms with Crippen molar-refractivity contribution in [2.45, 2.75) is 12.5 Å². The van der Waals surface area contributed by atoms with E-state index < -0.39 is 0 Å². The summed E-state index contributed by atoms with van der Waals surface area (Å²) in [6.07, 6.45) is 0.719. The molecule has 0 bridgehead atoms. The first-order valence-electron chi connectivity index (χ1n) is 5.34. The van der Waals surface area contributed by atoms with Crippen LogP contribution in [0.25, 0.3) is 0 Å². The fourth-order valence-electron chi connectivity index (χ4n) is 1.58. The second-order valence-corrected chi connectivity index (χ2v) is 4.33. The number of likely N-dealkylation sites (tertiary alicyclic amines) is 1. The Labute approximate surface area is 91.4 Å². The van der Waals surface area contributed by atoms with Gasteiger partial charge in [0.25, 0.3) is 0 Å². The third-order valence-electron chi connectivity index (χ3n) is 2.48. The summed E-state index contributed by atoms with van der Waals surface area (Å²) in [4.78, 5) is 15.5. The molecule has 1 fully saturated rings. The fraction of sp³-hybridized carbons (Fsp3) is 0.900. The average molecular weight is 215 g/mol. The van der Waals surface area contributed by atoms with E-state index in [0.29, 0.717) is 6.61 Å². The normalized spacial score (nSPS) is 22.0. The van der Waals surface area contributed by atoms with E-state index >= 15 is 0 Å².